The minimum atomic E-state index is -0.317. The van der Waals surface area contributed by atoms with E-state index in [1.165, 1.54) is 12.1 Å². The van der Waals surface area contributed by atoms with Crippen LogP contribution in [0.5, 0.6) is 0 Å². The van der Waals surface area contributed by atoms with Crippen LogP contribution in [0.2, 0.25) is 5.02 Å². The summed E-state index contributed by atoms with van der Waals surface area (Å²) in [4.78, 5) is 19.9. The smallest absolute Gasteiger partial charge is 0.318 e. The van der Waals surface area contributed by atoms with E-state index >= 15 is 0 Å². The number of urea groups is 1. The third-order valence-corrected chi connectivity index (χ3v) is 4.51. The lowest BCUT2D eigenvalue weighted by Gasteiger charge is -2.26. The lowest BCUT2D eigenvalue weighted by atomic mass is 10.0. The number of oxime groups is 1. The second kappa shape index (κ2) is 9.06. The van der Waals surface area contributed by atoms with Crippen LogP contribution in [0.15, 0.2) is 53.7 Å². The Balaban J connectivity index is 1.68. The third-order valence-electron chi connectivity index (χ3n) is 4.28. The number of hydrogen-bond acceptors (Lipinski definition) is 3. The fourth-order valence-electron chi connectivity index (χ4n) is 3.02. The Bertz CT molecular complexity index is 872. The quantitative estimate of drug-likeness (QED) is 0.766. The Morgan fingerprint density at radius 1 is 1.32 bits per heavy atom. The molecule has 1 N–H and O–H groups in total. The molecule has 1 aliphatic rings. The van der Waals surface area contributed by atoms with Crippen LogP contribution in [-0.4, -0.2) is 35.3 Å². The molecule has 28 heavy (non-hydrogen) atoms. The summed E-state index contributed by atoms with van der Waals surface area (Å²) in [5.74, 6) is -0.317. The second-order valence-electron chi connectivity index (χ2n) is 7.09. The molecule has 1 atom stereocenters. The molecule has 0 saturated heterocycles. The van der Waals surface area contributed by atoms with Gasteiger partial charge in [-0.25, -0.2) is 9.18 Å². The Hall–Kier alpha value is -2.60. The van der Waals surface area contributed by atoms with Crippen LogP contribution in [0.1, 0.15) is 31.4 Å². The van der Waals surface area contributed by atoms with Gasteiger partial charge >= 0.3 is 6.03 Å². The van der Waals surface area contributed by atoms with E-state index in [2.05, 4.69) is 10.5 Å². The minimum Gasteiger partial charge on any atom is -0.390 e. The van der Waals surface area contributed by atoms with Crippen LogP contribution in [0.25, 0.3) is 0 Å². The summed E-state index contributed by atoms with van der Waals surface area (Å²) in [6, 6.07) is 13.5. The molecule has 0 bridgehead atoms. The molecule has 7 heteroatoms. The molecule has 0 aliphatic carbocycles. The average Bonchev–Trinajstić information content (AvgIpc) is 3.09. The Labute approximate surface area is 169 Å². The van der Waals surface area contributed by atoms with Crippen molar-refractivity contribution in [3.05, 3.63) is 70.5 Å². The molecule has 148 valence electrons. The lowest BCUT2D eigenvalue weighted by molar-refractivity contribution is 0.0586. The fourth-order valence-corrected chi connectivity index (χ4v) is 3.24. The van der Waals surface area contributed by atoms with Gasteiger partial charge in [0.15, 0.2) is 6.10 Å². The van der Waals surface area contributed by atoms with Crippen molar-refractivity contribution in [1.82, 2.24) is 10.2 Å². The Kier molecular flexibility index (Phi) is 6.52. The standard InChI is InChI=1S/C21H23ClFN3O2/c1-14(2)24-21(27)26(12-15-5-3-7-17(22)9-15)13-19-11-20(25-28-19)16-6-4-8-18(23)10-16/h3-10,14,19H,11-13H2,1-2H3,(H,24,27). The van der Waals surface area contributed by atoms with Crippen LogP contribution >= 0.6 is 11.6 Å². The van der Waals surface area contributed by atoms with E-state index in [0.717, 1.165) is 5.56 Å². The maximum absolute atomic E-state index is 13.5. The van der Waals surface area contributed by atoms with Gasteiger partial charge in [0.2, 0.25) is 0 Å². The summed E-state index contributed by atoms with van der Waals surface area (Å²) in [6.07, 6.45) is 0.208. The van der Waals surface area contributed by atoms with Gasteiger partial charge in [-0.15, -0.1) is 0 Å². The average molecular weight is 404 g/mol. The van der Waals surface area contributed by atoms with Gasteiger partial charge in [-0.3, -0.25) is 0 Å². The van der Waals surface area contributed by atoms with Crippen LogP contribution in [0, 0.1) is 5.82 Å². The summed E-state index contributed by atoms with van der Waals surface area (Å²) in [5.41, 5.74) is 2.29. The van der Waals surface area contributed by atoms with Crippen molar-refractivity contribution < 1.29 is 14.0 Å². The number of nitrogens with one attached hydrogen (secondary N) is 1. The molecule has 0 saturated carbocycles. The zero-order valence-electron chi connectivity index (χ0n) is 15.9. The van der Waals surface area contributed by atoms with Crippen molar-refractivity contribution in [1.29, 1.82) is 0 Å². The highest BCUT2D eigenvalue weighted by Gasteiger charge is 2.27. The fraction of sp³-hybridized carbons (Fsp3) is 0.333. The van der Waals surface area contributed by atoms with Crippen molar-refractivity contribution in [2.75, 3.05) is 6.54 Å². The van der Waals surface area contributed by atoms with Gasteiger partial charge in [-0.2, -0.15) is 0 Å². The van der Waals surface area contributed by atoms with E-state index in [-0.39, 0.29) is 24.0 Å². The largest absolute Gasteiger partial charge is 0.390 e. The number of carbonyl (C=O) groups excluding carboxylic acids is 1. The van der Waals surface area contributed by atoms with Crippen molar-refractivity contribution >= 4 is 23.3 Å². The van der Waals surface area contributed by atoms with Gasteiger partial charge in [-0.1, -0.05) is 41.0 Å². The molecule has 0 aromatic heterocycles. The van der Waals surface area contributed by atoms with Crippen molar-refractivity contribution in [3.8, 4) is 0 Å². The van der Waals surface area contributed by atoms with Gasteiger partial charge in [0.05, 0.1) is 12.3 Å². The van der Waals surface area contributed by atoms with Gasteiger partial charge in [-0.05, 0) is 43.7 Å². The van der Waals surface area contributed by atoms with Crippen LogP contribution < -0.4 is 5.32 Å². The predicted molar refractivity (Wildman–Crippen MR) is 108 cm³/mol. The SMILES string of the molecule is CC(C)NC(=O)N(Cc1cccc(Cl)c1)CC1CC(c2cccc(F)c2)=NO1. The molecule has 2 aromatic carbocycles. The summed E-state index contributed by atoms with van der Waals surface area (Å²) in [5, 5.41) is 7.63. The molecule has 0 spiro atoms. The van der Waals surface area contributed by atoms with E-state index in [1.54, 1.807) is 23.1 Å². The molecule has 1 unspecified atom stereocenters. The maximum atomic E-state index is 13.5. The van der Waals surface area contributed by atoms with Gasteiger partial charge in [0, 0.05) is 29.6 Å². The molecule has 3 rings (SSSR count). The van der Waals surface area contributed by atoms with E-state index in [1.807, 2.05) is 32.0 Å². The summed E-state index contributed by atoms with van der Waals surface area (Å²) >= 11 is 6.07. The summed E-state index contributed by atoms with van der Waals surface area (Å²) < 4.78 is 13.5. The first-order chi connectivity index (χ1) is 13.4. The zero-order valence-corrected chi connectivity index (χ0v) is 16.6. The molecule has 5 nitrogen and oxygen atoms in total. The highest BCUT2D eigenvalue weighted by molar-refractivity contribution is 6.30. The minimum absolute atomic E-state index is 0.0120. The summed E-state index contributed by atoms with van der Waals surface area (Å²) in [7, 11) is 0. The summed E-state index contributed by atoms with van der Waals surface area (Å²) in [6.45, 7) is 4.57. The van der Waals surface area contributed by atoms with Gasteiger partial charge in [0.25, 0.3) is 0 Å². The zero-order chi connectivity index (χ0) is 20.1. The molecule has 1 aliphatic heterocycles. The predicted octanol–water partition coefficient (Wildman–Crippen LogP) is 4.59. The molecule has 1 heterocycles. The van der Waals surface area contributed by atoms with Crippen molar-refractivity contribution in [3.63, 3.8) is 0 Å². The number of hydrogen-bond donors (Lipinski definition) is 1. The van der Waals surface area contributed by atoms with Crippen LogP contribution in [-0.2, 0) is 11.4 Å². The molecule has 2 aromatic rings. The number of rotatable bonds is 6. The molecular weight excluding hydrogens is 381 g/mol. The topological polar surface area (TPSA) is 53.9 Å². The highest BCUT2D eigenvalue weighted by atomic mass is 35.5. The third kappa shape index (κ3) is 5.45. The Morgan fingerprint density at radius 2 is 2.11 bits per heavy atom. The van der Waals surface area contributed by atoms with E-state index in [9.17, 15) is 9.18 Å². The first kappa shape index (κ1) is 20.1. The second-order valence-corrected chi connectivity index (χ2v) is 7.53. The maximum Gasteiger partial charge on any atom is 0.318 e. The van der Waals surface area contributed by atoms with Crippen molar-refractivity contribution in [2.45, 2.75) is 39.0 Å². The first-order valence-electron chi connectivity index (χ1n) is 9.19. The Morgan fingerprint density at radius 3 is 2.82 bits per heavy atom. The van der Waals surface area contributed by atoms with E-state index in [4.69, 9.17) is 16.4 Å². The van der Waals surface area contributed by atoms with E-state index < -0.39 is 0 Å². The number of halogens is 2. The monoisotopic (exact) mass is 403 g/mol. The van der Waals surface area contributed by atoms with Crippen molar-refractivity contribution in [2.24, 2.45) is 5.16 Å². The molecule has 2 amide bonds. The molecule has 0 radical (unpaired) electrons. The van der Waals surface area contributed by atoms with Gasteiger partial charge in [0.1, 0.15) is 5.82 Å². The number of benzene rings is 2. The first-order valence-corrected chi connectivity index (χ1v) is 9.57. The molecule has 0 fully saturated rings. The number of nitrogens with zero attached hydrogens (tertiary/aromatic N) is 2. The van der Waals surface area contributed by atoms with Crippen LogP contribution in [0.3, 0.4) is 0 Å². The van der Waals surface area contributed by atoms with Crippen LogP contribution in [0.4, 0.5) is 9.18 Å². The van der Waals surface area contributed by atoms with E-state index in [0.29, 0.717) is 35.8 Å². The highest BCUT2D eigenvalue weighted by Crippen LogP contribution is 2.20. The molecular formula is C21H23ClFN3O2. The van der Waals surface area contributed by atoms with Gasteiger partial charge < -0.3 is 15.1 Å². The number of amides is 2. The lowest BCUT2D eigenvalue weighted by Crippen LogP contribution is -2.45. The number of carbonyl (C=O) groups is 1. The normalized spacial score (nSPS) is 15.9.